The molecule has 0 aliphatic carbocycles. The molecule has 1 aliphatic heterocycles. The SMILES string of the molecule is CC1(C)CN(CCNc2ccc(Br)cc2)CCO1. The van der Waals surface area contributed by atoms with Crippen LogP contribution in [-0.2, 0) is 4.74 Å². The van der Waals surface area contributed by atoms with Crippen LogP contribution in [0.5, 0.6) is 0 Å². The number of rotatable bonds is 4. The highest BCUT2D eigenvalue weighted by Gasteiger charge is 2.26. The summed E-state index contributed by atoms with van der Waals surface area (Å²) in [7, 11) is 0. The highest BCUT2D eigenvalue weighted by molar-refractivity contribution is 9.10. The van der Waals surface area contributed by atoms with E-state index in [-0.39, 0.29) is 5.60 Å². The van der Waals surface area contributed by atoms with Gasteiger partial charge in [0.05, 0.1) is 12.2 Å². The lowest BCUT2D eigenvalue weighted by atomic mass is 10.1. The summed E-state index contributed by atoms with van der Waals surface area (Å²) in [5, 5.41) is 3.44. The van der Waals surface area contributed by atoms with Crippen LogP contribution in [0, 0.1) is 0 Å². The molecule has 100 valence electrons. The Labute approximate surface area is 118 Å². The third-order valence-electron chi connectivity index (χ3n) is 3.11. The molecular weight excluding hydrogens is 292 g/mol. The molecule has 0 saturated carbocycles. The second kappa shape index (κ2) is 6.04. The molecule has 3 nitrogen and oxygen atoms in total. The number of anilines is 1. The van der Waals surface area contributed by atoms with Crippen LogP contribution in [0.1, 0.15) is 13.8 Å². The molecule has 2 rings (SSSR count). The number of nitrogens with one attached hydrogen (secondary N) is 1. The predicted octanol–water partition coefficient (Wildman–Crippen LogP) is 2.97. The Morgan fingerprint density at radius 3 is 2.72 bits per heavy atom. The minimum Gasteiger partial charge on any atom is -0.384 e. The highest BCUT2D eigenvalue weighted by atomic mass is 79.9. The van der Waals surface area contributed by atoms with E-state index in [1.54, 1.807) is 0 Å². The fourth-order valence-corrected chi connectivity index (χ4v) is 2.50. The third-order valence-corrected chi connectivity index (χ3v) is 3.63. The van der Waals surface area contributed by atoms with Gasteiger partial charge in [-0.15, -0.1) is 0 Å². The predicted molar refractivity (Wildman–Crippen MR) is 79.1 cm³/mol. The van der Waals surface area contributed by atoms with Crippen LogP contribution in [0.2, 0.25) is 0 Å². The van der Waals surface area contributed by atoms with Gasteiger partial charge in [0.15, 0.2) is 0 Å². The molecule has 1 aromatic rings. The van der Waals surface area contributed by atoms with E-state index in [1.165, 1.54) is 5.69 Å². The van der Waals surface area contributed by atoms with E-state index in [0.717, 1.165) is 37.3 Å². The molecule has 4 heteroatoms. The van der Waals surface area contributed by atoms with E-state index in [2.05, 4.69) is 64.3 Å². The average molecular weight is 313 g/mol. The van der Waals surface area contributed by atoms with Crippen LogP contribution >= 0.6 is 15.9 Å². The Morgan fingerprint density at radius 1 is 1.33 bits per heavy atom. The summed E-state index contributed by atoms with van der Waals surface area (Å²) in [6, 6.07) is 8.29. The Bertz CT molecular complexity index is 378. The van der Waals surface area contributed by atoms with Gasteiger partial charge in [0, 0.05) is 36.3 Å². The monoisotopic (exact) mass is 312 g/mol. The molecule has 18 heavy (non-hydrogen) atoms. The lowest BCUT2D eigenvalue weighted by molar-refractivity contribution is -0.0848. The van der Waals surface area contributed by atoms with Crippen molar-refractivity contribution in [2.75, 3.05) is 38.1 Å². The molecule has 0 unspecified atom stereocenters. The number of morpholine rings is 1. The maximum absolute atomic E-state index is 5.71. The van der Waals surface area contributed by atoms with Gasteiger partial charge in [-0.2, -0.15) is 0 Å². The van der Waals surface area contributed by atoms with Crippen molar-refractivity contribution in [2.45, 2.75) is 19.4 Å². The lowest BCUT2D eigenvalue weighted by Crippen LogP contribution is -2.49. The number of hydrogen-bond donors (Lipinski definition) is 1. The largest absolute Gasteiger partial charge is 0.384 e. The summed E-state index contributed by atoms with van der Waals surface area (Å²) < 4.78 is 6.82. The first kappa shape index (κ1) is 13.8. The normalized spacial score (nSPS) is 19.7. The minimum atomic E-state index is -0.00411. The van der Waals surface area contributed by atoms with Crippen molar-refractivity contribution < 1.29 is 4.74 Å². The van der Waals surface area contributed by atoms with E-state index in [4.69, 9.17) is 4.74 Å². The number of nitrogens with zero attached hydrogens (tertiary/aromatic N) is 1. The van der Waals surface area contributed by atoms with Crippen molar-refractivity contribution in [1.82, 2.24) is 4.90 Å². The van der Waals surface area contributed by atoms with Crippen molar-refractivity contribution in [3.05, 3.63) is 28.7 Å². The molecule has 0 radical (unpaired) electrons. The number of halogens is 1. The van der Waals surface area contributed by atoms with Crippen LogP contribution in [0.15, 0.2) is 28.7 Å². The van der Waals surface area contributed by atoms with Crippen LogP contribution in [0.4, 0.5) is 5.69 Å². The Hall–Kier alpha value is -0.580. The first-order valence-corrected chi connectivity index (χ1v) is 7.20. The Kier molecular flexibility index (Phi) is 4.65. The van der Waals surface area contributed by atoms with E-state index in [0.29, 0.717) is 0 Å². The van der Waals surface area contributed by atoms with Crippen LogP contribution in [0.25, 0.3) is 0 Å². The summed E-state index contributed by atoms with van der Waals surface area (Å²) in [5.74, 6) is 0. The topological polar surface area (TPSA) is 24.5 Å². The van der Waals surface area contributed by atoms with Gasteiger partial charge in [0.2, 0.25) is 0 Å². The maximum atomic E-state index is 5.71. The molecule has 1 N–H and O–H groups in total. The number of hydrogen-bond acceptors (Lipinski definition) is 3. The molecule has 0 aromatic heterocycles. The molecular formula is C14H21BrN2O. The fourth-order valence-electron chi connectivity index (χ4n) is 2.23. The van der Waals surface area contributed by atoms with Crippen LogP contribution < -0.4 is 5.32 Å². The molecule has 1 aliphatic rings. The zero-order valence-electron chi connectivity index (χ0n) is 11.1. The molecule has 0 atom stereocenters. The molecule has 1 saturated heterocycles. The van der Waals surface area contributed by atoms with E-state index in [9.17, 15) is 0 Å². The zero-order valence-corrected chi connectivity index (χ0v) is 12.7. The van der Waals surface area contributed by atoms with E-state index in [1.807, 2.05) is 0 Å². The summed E-state index contributed by atoms with van der Waals surface area (Å²) in [6.07, 6.45) is 0. The smallest absolute Gasteiger partial charge is 0.0753 e. The zero-order chi connectivity index (χ0) is 13.0. The lowest BCUT2D eigenvalue weighted by Gasteiger charge is -2.38. The second-order valence-corrected chi connectivity index (χ2v) is 6.23. The standard InChI is InChI=1S/C14H21BrN2O/c1-14(2)11-17(9-10-18-14)8-7-16-13-5-3-12(15)4-6-13/h3-6,16H,7-11H2,1-2H3. The molecule has 0 amide bonds. The summed E-state index contributed by atoms with van der Waals surface area (Å²) in [4.78, 5) is 2.45. The Balaban J connectivity index is 1.73. The first-order chi connectivity index (χ1) is 8.55. The summed E-state index contributed by atoms with van der Waals surface area (Å²) in [5.41, 5.74) is 1.17. The van der Waals surface area contributed by atoms with E-state index < -0.39 is 0 Å². The molecule has 1 fully saturated rings. The van der Waals surface area contributed by atoms with Gasteiger partial charge < -0.3 is 10.1 Å². The highest BCUT2D eigenvalue weighted by Crippen LogP contribution is 2.16. The van der Waals surface area contributed by atoms with Gasteiger partial charge in [-0.3, -0.25) is 4.90 Å². The number of ether oxygens (including phenoxy) is 1. The summed E-state index contributed by atoms with van der Waals surface area (Å²) >= 11 is 3.44. The van der Waals surface area contributed by atoms with Crippen molar-refractivity contribution in [1.29, 1.82) is 0 Å². The first-order valence-electron chi connectivity index (χ1n) is 6.41. The average Bonchev–Trinajstić information content (AvgIpc) is 2.30. The Morgan fingerprint density at radius 2 is 2.06 bits per heavy atom. The van der Waals surface area contributed by atoms with E-state index >= 15 is 0 Å². The van der Waals surface area contributed by atoms with Gasteiger partial charge in [0.25, 0.3) is 0 Å². The van der Waals surface area contributed by atoms with Gasteiger partial charge in [-0.25, -0.2) is 0 Å². The van der Waals surface area contributed by atoms with Crippen molar-refractivity contribution in [3.8, 4) is 0 Å². The van der Waals surface area contributed by atoms with Crippen molar-refractivity contribution in [3.63, 3.8) is 0 Å². The molecule has 1 aromatic carbocycles. The quantitative estimate of drug-likeness (QED) is 0.925. The second-order valence-electron chi connectivity index (χ2n) is 5.32. The fraction of sp³-hybridized carbons (Fsp3) is 0.571. The van der Waals surface area contributed by atoms with Crippen LogP contribution in [0.3, 0.4) is 0 Å². The summed E-state index contributed by atoms with van der Waals surface area (Å²) in [6.45, 7) is 9.22. The molecule has 0 bridgehead atoms. The van der Waals surface area contributed by atoms with Gasteiger partial charge >= 0.3 is 0 Å². The minimum absolute atomic E-state index is 0.00411. The van der Waals surface area contributed by atoms with Crippen molar-refractivity contribution in [2.24, 2.45) is 0 Å². The van der Waals surface area contributed by atoms with Gasteiger partial charge in [0.1, 0.15) is 0 Å². The van der Waals surface area contributed by atoms with Crippen LogP contribution in [-0.4, -0.2) is 43.3 Å². The number of benzene rings is 1. The van der Waals surface area contributed by atoms with Gasteiger partial charge in [-0.05, 0) is 38.1 Å². The van der Waals surface area contributed by atoms with Crippen molar-refractivity contribution >= 4 is 21.6 Å². The molecule has 0 spiro atoms. The maximum Gasteiger partial charge on any atom is 0.0753 e. The third kappa shape index (κ3) is 4.26. The molecule has 1 heterocycles. The van der Waals surface area contributed by atoms with Gasteiger partial charge in [-0.1, -0.05) is 15.9 Å².